The molecule has 1 aromatic carbocycles. The Kier molecular flexibility index (Phi) is 4.93. The van der Waals surface area contributed by atoms with Crippen molar-refractivity contribution in [3.8, 4) is 0 Å². The SMILES string of the molecule is COC(=O)COCC(N)c1csc2c(Br)cccc12. The number of hydrogen-bond donors (Lipinski definition) is 1. The molecule has 0 fully saturated rings. The molecule has 0 aliphatic carbocycles. The van der Waals surface area contributed by atoms with Gasteiger partial charge in [0.15, 0.2) is 0 Å². The van der Waals surface area contributed by atoms with Crippen LogP contribution in [-0.2, 0) is 14.3 Å². The van der Waals surface area contributed by atoms with Crippen molar-refractivity contribution in [2.24, 2.45) is 5.73 Å². The lowest BCUT2D eigenvalue weighted by atomic mass is 10.1. The van der Waals surface area contributed by atoms with Gasteiger partial charge in [-0.25, -0.2) is 4.79 Å². The van der Waals surface area contributed by atoms with Crippen LogP contribution >= 0.6 is 27.3 Å². The van der Waals surface area contributed by atoms with Gasteiger partial charge in [-0.15, -0.1) is 11.3 Å². The molecule has 19 heavy (non-hydrogen) atoms. The average Bonchev–Trinajstić information content (AvgIpc) is 2.83. The van der Waals surface area contributed by atoms with Gasteiger partial charge in [-0.1, -0.05) is 12.1 Å². The Hall–Kier alpha value is -0.950. The largest absolute Gasteiger partial charge is 0.467 e. The molecule has 0 saturated heterocycles. The zero-order chi connectivity index (χ0) is 13.8. The number of ether oxygens (including phenoxy) is 2. The summed E-state index contributed by atoms with van der Waals surface area (Å²) in [4.78, 5) is 10.9. The molecule has 2 rings (SSSR count). The van der Waals surface area contributed by atoms with E-state index in [1.165, 1.54) is 11.8 Å². The maximum atomic E-state index is 10.9. The summed E-state index contributed by atoms with van der Waals surface area (Å²) in [6.07, 6.45) is 0. The molecule has 0 aliphatic rings. The highest BCUT2D eigenvalue weighted by Gasteiger charge is 2.14. The zero-order valence-corrected chi connectivity index (χ0v) is 12.8. The minimum atomic E-state index is -0.398. The third-order valence-electron chi connectivity index (χ3n) is 2.73. The number of fused-ring (bicyclic) bond motifs is 1. The first-order valence-electron chi connectivity index (χ1n) is 5.69. The third-order valence-corrected chi connectivity index (χ3v) is 4.70. The van der Waals surface area contributed by atoms with E-state index in [-0.39, 0.29) is 19.3 Å². The molecule has 0 amide bonds. The van der Waals surface area contributed by atoms with Crippen LogP contribution in [-0.4, -0.2) is 26.3 Å². The van der Waals surface area contributed by atoms with Crippen molar-refractivity contribution < 1.29 is 14.3 Å². The number of carbonyl (C=O) groups excluding carboxylic acids is 1. The molecule has 1 aromatic heterocycles. The van der Waals surface area contributed by atoms with E-state index in [0.717, 1.165) is 15.4 Å². The molecule has 102 valence electrons. The Morgan fingerprint density at radius 1 is 1.53 bits per heavy atom. The van der Waals surface area contributed by atoms with Crippen LogP contribution in [0.2, 0.25) is 0 Å². The van der Waals surface area contributed by atoms with Gasteiger partial charge >= 0.3 is 5.97 Å². The fourth-order valence-electron chi connectivity index (χ4n) is 1.75. The molecule has 1 atom stereocenters. The first-order valence-corrected chi connectivity index (χ1v) is 7.36. The summed E-state index contributed by atoms with van der Waals surface area (Å²) in [7, 11) is 1.33. The van der Waals surface area contributed by atoms with Crippen LogP contribution in [0.1, 0.15) is 11.6 Å². The number of benzene rings is 1. The van der Waals surface area contributed by atoms with Crippen LogP contribution in [0, 0.1) is 0 Å². The van der Waals surface area contributed by atoms with Crippen molar-refractivity contribution in [2.45, 2.75) is 6.04 Å². The van der Waals surface area contributed by atoms with Gasteiger partial charge < -0.3 is 15.2 Å². The van der Waals surface area contributed by atoms with Crippen LogP contribution < -0.4 is 5.73 Å². The number of nitrogens with two attached hydrogens (primary N) is 1. The minimum Gasteiger partial charge on any atom is -0.467 e. The van der Waals surface area contributed by atoms with E-state index in [2.05, 4.69) is 20.7 Å². The van der Waals surface area contributed by atoms with E-state index >= 15 is 0 Å². The van der Waals surface area contributed by atoms with E-state index in [4.69, 9.17) is 10.5 Å². The van der Waals surface area contributed by atoms with Crippen LogP contribution in [0.5, 0.6) is 0 Å². The van der Waals surface area contributed by atoms with Gasteiger partial charge in [-0.2, -0.15) is 0 Å². The van der Waals surface area contributed by atoms with E-state index in [1.807, 2.05) is 23.6 Å². The second kappa shape index (κ2) is 6.47. The van der Waals surface area contributed by atoms with Gasteiger partial charge in [0, 0.05) is 9.17 Å². The number of thiophene rings is 1. The molecule has 0 saturated carbocycles. The molecule has 0 aliphatic heterocycles. The normalized spacial score (nSPS) is 12.6. The first-order chi connectivity index (χ1) is 9.13. The fraction of sp³-hybridized carbons (Fsp3) is 0.308. The summed E-state index contributed by atoms with van der Waals surface area (Å²) in [6.45, 7) is 0.212. The van der Waals surface area contributed by atoms with E-state index in [9.17, 15) is 4.79 Å². The molecule has 2 aromatic rings. The second-order valence-electron chi connectivity index (χ2n) is 4.01. The van der Waals surface area contributed by atoms with Gasteiger partial charge in [0.2, 0.25) is 0 Å². The van der Waals surface area contributed by atoms with E-state index < -0.39 is 5.97 Å². The summed E-state index contributed by atoms with van der Waals surface area (Å²) in [6, 6.07) is 5.76. The lowest BCUT2D eigenvalue weighted by Gasteiger charge is -2.11. The van der Waals surface area contributed by atoms with Crippen LogP contribution in [0.3, 0.4) is 0 Å². The van der Waals surface area contributed by atoms with Crippen molar-refractivity contribution in [1.29, 1.82) is 0 Å². The summed E-state index contributed by atoms with van der Waals surface area (Å²) in [5.74, 6) is -0.398. The molecule has 6 heteroatoms. The van der Waals surface area contributed by atoms with Gasteiger partial charge in [0.05, 0.1) is 19.8 Å². The minimum absolute atomic E-state index is 0.0734. The molecular formula is C13H14BrNO3S. The first kappa shape index (κ1) is 14.5. The Morgan fingerprint density at radius 2 is 2.32 bits per heavy atom. The topological polar surface area (TPSA) is 61.5 Å². The van der Waals surface area contributed by atoms with E-state index in [0.29, 0.717) is 0 Å². The third kappa shape index (κ3) is 3.33. The molecule has 0 bridgehead atoms. The second-order valence-corrected chi connectivity index (χ2v) is 5.74. The quantitative estimate of drug-likeness (QED) is 0.848. The van der Waals surface area contributed by atoms with Crippen molar-refractivity contribution in [3.63, 3.8) is 0 Å². The summed E-state index contributed by atoms with van der Waals surface area (Å²) in [5, 5.41) is 3.15. The van der Waals surface area contributed by atoms with Gasteiger partial charge in [0.1, 0.15) is 6.61 Å². The van der Waals surface area contributed by atoms with Crippen LogP contribution in [0.4, 0.5) is 0 Å². The van der Waals surface area contributed by atoms with E-state index in [1.54, 1.807) is 11.3 Å². The number of halogens is 1. The predicted molar refractivity (Wildman–Crippen MR) is 79.3 cm³/mol. The highest BCUT2D eigenvalue weighted by molar-refractivity contribution is 9.10. The van der Waals surface area contributed by atoms with Crippen molar-refractivity contribution in [3.05, 3.63) is 33.6 Å². The molecule has 4 nitrogen and oxygen atoms in total. The molecule has 1 unspecified atom stereocenters. The van der Waals surface area contributed by atoms with Crippen molar-refractivity contribution in [1.82, 2.24) is 0 Å². The van der Waals surface area contributed by atoms with Gasteiger partial charge in [0.25, 0.3) is 0 Å². The molecular weight excluding hydrogens is 330 g/mol. The highest BCUT2D eigenvalue weighted by atomic mass is 79.9. The lowest BCUT2D eigenvalue weighted by Crippen LogP contribution is -2.20. The monoisotopic (exact) mass is 343 g/mol. The molecule has 2 N–H and O–H groups in total. The Morgan fingerprint density at radius 3 is 3.05 bits per heavy atom. The number of esters is 1. The fourth-order valence-corrected chi connectivity index (χ4v) is 3.43. The molecule has 1 heterocycles. The maximum Gasteiger partial charge on any atom is 0.331 e. The van der Waals surface area contributed by atoms with Gasteiger partial charge in [-0.05, 0) is 38.3 Å². The maximum absolute atomic E-state index is 10.9. The number of rotatable bonds is 5. The van der Waals surface area contributed by atoms with Gasteiger partial charge in [-0.3, -0.25) is 0 Å². The summed E-state index contributed by atoms with van der Waals surface area (Å²) < 4.78 is 12.0. The Bertz CT molecular complexity index is 584. The number of hydrogen-bond acceptors (Lipinski definition) is 5. The summed E-state index contributed by atoms with van der Waals surface area (Å²) >= 11 is 5.16. The predicted octanol–water partition coefficient (Wildman–Crippen LogP) is 2.85. The zero-order valence-electron chi connectivity index (χ0n) is 10.4. The molecule has 0 spiro atoms. The average molecular weight is 344 g/mol. The highest BCUT2D eigenvalue weighted by Crippen LogP contribution is 2.34. The Balaban J connectivity index is 2.07. The molecule has 0 radical (unpaired) electrons. The smallest absolute Gasteiger partial charge is 0.331 e. The summed E-state index contributed by atoms with van der Waals surface area (Å²) in [5.41, 5.74) is 7.13. The van der Waals surface area contributed by atoms with Crippen molar-refractivity contribution in [2.75, 3.05) is 20.3 Å². The van der Waals surface area contributed by atoms with Crippen LogP contribution in [0.25, 0.3) is 10.1 Å². The standard InChI is InChI=1S/C13H14BrNO3S/c1-17-12(16)6-18-5-11(15)9-7-19-13-8(9)3-2-4-10(13)14/h2-4,7,11H,5-6,15H2,1H3. The number of methoxy groups -OCH3 is 1. The lowest BCUT2D eigenvalue weighted by molar-refractivity contribution is -0.146. The van der Waals surface area contributed by atoms with Crippen molar-refractivity contribution >= 4 is 43.3 Å². The van der Waals surface area contributed by atoms with Crippen LogP contribution in [0.15, 0.2) is 28.1 Å². The Labute approximate surface area is 123 Å². The number of carbonyl (C=O) groups is 1.